The Bertz CT molecular complexity index is 1330. The molecule has 0 atom stereocenters. The average Bonchev–Trinajstić information content (AvgIpc) is 2.88. The molecule has 0 aromatic heterocycles. The molecule has 0 fully saturated rings. The molecule has 198 valence electrons. The molecule has 0 saturated heterocycles. The van der Waals surface area contributed by atoms with Crippen LogP contribution < -0.4 is 26.2 Å². The summed E-state index contributed by atoms with van der Waals surface area (Å²) in [7, 11) is 0. The molecule has 8 nitrogen and oxygen atoms in total. The maximum absolute atomic E-state index is 12.5. The van der Waals surface area contributed by atoms with Crippen molar-refractivity contribution in [3.63, 3.8) is 0 Å². The fourth-order valence-electron chi connectivity index (χ4n) is 3.29. The standard InChI is InChI=1S/C28H29BrN4O4S/c1-17(2)14-15-37-24-13-10-20(16-23(24)29)25(34)31-28(38)33-32-26(35)19-8-11-21(12-9-19)30-27(36)22-7-5-4-6-18(22)3/h4-13,16-17H,14-15H2,1-3H3,(H,30,36)(H,32,35)(H2,31,33,34,38). The summed E-state index contributed by atoms with van der Waals surface area (Å²) in [5.74, 6) is 0.0347. The third-order valence-electron chi connectivity index (χ3n) is 5.46. The highest BCUT2D eigenvalue weighted by Crippen LogP contribution is 2.26. The Kier molecular flexibility index (Phi) is 10.4. The van der Waals surface area contributed by atoms with Crippen molar-refractivity contribution >= 4 is 56.7 Å². The minimum atomic E-state index is -0.468. The van der Waals surface area contributed by atoms with E-state index >= 15 is 0 Å². The fourth-order valence-corrected chi connectivity index (χ4v) is 3.92. The van der Waals surface area contributed by atoms with E-state index in [1.807, 2.05) is 19.1 Å². The van der Waals surface area contributed by atoms with Crippen molar-refractivity contribution in [3.05, 3.63) is 93.5 Å². The first-order valence-electron chi connectivity index (χ1n) is 11.9. The highest BCUT2D eigenvalue weighted by atomic mass is 79.9. The van der Waals surface area contributed by atoms with Crippen LogP contribution in [0.25, 0.3) is 0 Å². The van der Waals surface area contributed by atoms with Crippen LogP contribution in [0.3, 0.4) is 0 Å². The molecule has 0 aliphatic carbocycles. The van der Waals surface area contributed by atoms with Crippen LogP contribution in [0.15, 0.2) is 71.2 Å². The molecule has 3 aromatic rings. The Morgan fingerprint density at radius 3 is 2.24 bits per heavy atom. The molecule has 4 N–H and O–H groups in total. The summed E-state index contributed by atoms with van der Waals surface area (Å²) in [5, 5.41) is 5.25. The zero-order valence-electron chi connectivity index (χ0n) is 21.3. The molecule has 3 amide bonds. The number of amides is 3. The summed E-state index contributed by atoms with van der Waals surface area (Å²) in [6, 6.07) is 18.6. The van der Waals surface area contributed by atoms with Crippen molar-refractivity contribution < 1.29 is 19.1 Å². The maximum Gasteiger partial charge on any atom is 0.269 e. The van der Waals surface area contributed by atoms with Crippen molar-refractivity contribution in [1.29, 1.82) is 0 Å². The minimum Gasteiger partial charge on any atom is -0.492 e. The number of rotatable bonds is 8. The number of aryl methyl sites for hydroxylation is 1. The Balaban J connectivity index is 1.47. The van der Waals surface area contributed by atoms with Gasteiger partial charge in [-0.25, -0.2) is 0 Å². The molecule has 0 aliphatic rings. The van der Waals surface area contributed by atoms with Crippen LogP contribution in [0.4, 0.5) is 5.69 Å². The molecule has 0 spiro atoms. The maximum atomic E-state index is 12.5. The van der Waals surface area contributed by atoms with E-state index in [0.29, 0.717) is 45.1 Å². The first-order valence-corrected chi connectivity index (χ1v) is 13.1. The molecular weight excluding hydrogens is 568 g/mol. The van der Waals surface area contributed by atoms with E-state index in [4.69, 9.17) is 17.0 Å². The van der Waals surface area contributed by atoms with Crippen LogP contribution >= 0.6 is 28.1 Å². The molecule has 3 rings (SSSR count). The van der Waals surface area contributed by atoms with Crippen LogP contribution in [0.2, 0.25) is 0 Å². The Hall–Kier alpha value is -3.76. The van der Waals surface area contributed by atoms with Gasteiger partial charge in [-0.2, -0.15) is 0 Å². The zero-order valence-corrected chi connectivity index (χ0v) is 23.7. The summed E-state index contributed by atoms with van der Waals surface area (Å²) in [5.41, 5.74) is 7.65. The van der Waals surface area contributed by atoms with Gasteiger partial charge in [-0.05, 0) is 102 Å². The van der Waals surface area contributed by atoms with Gasteiger partial charge < -0.3 is 10.1 Å². The predicted octanol–water partition coefficient (Wildman–Crippen LogP) is 5.38. The smallest absolute Gasteiger partial charge is 0.269 e. The van der Waals surface area contributed by atoms with Crippen molar-refractivity contribution in [3.8, 4) is 5.75 Å². The molecular formula is C28H29BrN4O4S. The van der Waals surface area contributed by atoms with Gasteiger partial charge in [0.25, 0.3) is 17.7 Å². The second kappa shape index (κ2) is 13.7. The summed E-state index contributed by atoms with van der Waals surface area (Å²) < 4.78 is 6.39. The van der Waals surface area contributed by atoms with Crippen molar-refractivity contribution in [2.75, 3.05) is 11.9 Å². The van der Waals surface area contributed by atoms with E-state index in [1.54, 1.807) is 54.6 Å². The molecule has 0 unspecified atom stereocenters. The summed E-state index contributed by atoms with van der Waals surface area (Å²) in [6.07, 6.45) is 0.926. The van der Waals surface area contributed by atoms with Crippen LogP contribution in [0.5, 0.6) is 5.75 Å². The molecule has 0 aliphatic heterocycles. The number of carbonyl (C=O) groups is 3. The van der Waals surface area contributed by atoms with E-state index in [-0.39, 0.29) is 11.0 Å². The average molecular weight is 598 g/mol. The highest BCUT2D eigenvalue weighted by Gasteiger charge is 2.13. The number of hydrogen-bond acceptors (Lipinski definition) is 5. The monoisotopic (exact) mass is 596 g/mol. The lowest BCUT2D eigenvalue weighted by Gasteiger charge is -2.13. The van der Waals surface area contributed by atoms with Gasteiger partial charge in [-0.15, -0.1) is 0 Å². The third kappa shape index (κ3) is 8.39. The zero-order chi connectivity index (χ0) is 27.7. The van der Waals surface area contributed by atoms with Crippen LogP contribution in [0, 0.1) is 12.8 Å². The molecule has 0 radical (unpaired) electrons. The number of hydrazine groups is 1. The summed E-state index contributed by atoms with van der Waals surface area (Å²) in [6.45, 7) is 6.69. The third-order valence-corrected chi connectivity index (χ3v) is 6.28. The van der Waals surface area contributed by atoms with Gasteiger partial charge in [0.1, 0.15) is 5.75 Å². The second-order valence-electron chi connectivity index (χ2n) is 8.88. The molecule has 0 heterocycles. The Morgan fingerprint density at radius 1 is 0.895 bits per heavy atom. The first kappa shape index (κ1) is 28.8. The van der Waals surface area contributed by atoms with Gasteiger partial charge in [0.15, 0.2) is 5.11 Å². The number of carbonyl (C=O) groups excluding carboxylic acids is 3. The van der Waals surface area contributed by atoms with E-state index in [0.717, 1.165) is 12.0 Å². The lowest BCUT2D eigenvalue weighted by molar-refractivity contribution is 0.0934. The summed E-state index contributed by atoms with van der Waals surface area (Å²) in [4.78, 5) is 37.5. The Labute approximate surface area is 235 Å². The molecule has 38 heavy (non-hydrogen) atoms. The van der Waals surface area contributed by atoms with Crippen molar-refractivity contribution in [2.45, 2.75) is 27.2 Å². The van der Waals surface area contributed by atoms with Crippen LogP contribution in [0.1, 0.15) is 56.9 Å². The van der Waals surface area contributed by atoms with Gasteiger partial charge in [0.2, 0.25) is 0 Å². The number of anilines is 1. The SMILES string of the molecule is Cc1ccccc1C(=O)Nc1ccc(C(=O)NNC(=S)NC(=O)c2ccc(OCCC(C)C)c(Br)c2)cc1. The Morgan fingerprint density at radius 2 is 1.58 bits per heavy atom. The van der Waals surface area contributed by atoms with Gasteiger partial charge >= 0.3 is 0 Å². The van der Waals surface area contributed by atoms with E-state index in [9.17, 15) is 14.4 Å². The molecule has 0 saturated carbocycles. The number of thiocarbonyl (C=S) groups is 1. The van der Waals surface area contributed by atoms with Crippen LogP contribution in [-0.2, 0) is 0 Å². The van der Waals surface area contributed by atoms with Gasteiger partial charge in [-0.3, -0.25) is 30.6 Å². The van der Waals surface area contributed by atoms with E-state index in [2.05, 4.69) is 51.3 Å². The first-order chi connectivity index (χ1) is 18.1. The quantitative estimate of drug-likeness (QED) is 0.205. The summed E-state index contributed by atoms with van der Waals surface area (Å²) >= 11 is 8.55. The number of hydrogen-bond donors (Lipinski definition) is 4. The predicted molar refractivity (Wildman–Crippen MR) is 155 cm³/mol. The van der Waals surface area contributed by atoms with E-state index in [1.165, 1.54) is 0 Å². The second-order valence-corrected chi connectivity index (χ2v) is 10.1. The number of halogens is 1. The van der Waals surface area contributed by atoms with E-state index < -0.39 is 11.8 Å². The molecule has 3 aromatic carbocycles. The largest absolute Gasteiger partial charge is 0.492 e. The van der Waals surface area contributed by atoms with Gasteiger partial charge in [-0.1, -0.05) is 32.0 Å². The highest BCUT2D eigenvalue weighted by molar-refractivity contribution is 9.10. The number of ether oxygens (including phenoxy) is 1. The number of nitrogens with one attached hydrogen (secondary N) is 4. The topological polar surface area (TPSA) is 109 Å². The lowest BCUT2D eigenvalue weighted by atomic mass is 10.1. The van der Waals surface area contributed by atoms with Crippen molar-refractivity contribution in [2.24, 2.45) is 5.92 Å². The normalized spacial score (nSPS) is 10.4. The van der Waals surface area contributed by atoms with Crippen molar-refractivity contribution in [1.82, 2.24) is 16.2 Å². The van der Waals surface area contributed by atoms with Gasteiger partial charge in [0, 0.05) is 22.4 Å². The van der Waals surface area contributed by atoms with Crippen LogP contribution in [-0.4, -0.2) is 29.4 Å². The molecule has 10 heteroatoms. The lowest BCUT2D eigenvalue weighted by Crippen LogP contribution is -2.48. The molecule has 0 bridgehead atoms. The fraction of sp³-hybridized carbons (Fsp3) is 0.214. The minimum absolute atomic E-state index is 0.0705. The van der Waals surface area contributed by atoms with Gasteiger partial charge in [0.05, 0.1) is 11.1 Å². The number of benzene rings is 3.